The number of nitrogens with one attached hydrogen (secondary N) is 1. The summed E-state index contributed by atoms with van der Waals surface area (Å²) < 4.78 is 5.41. The largest absolute Gasteiger partial charge is 0.463 e. The number of aromatic nitrogens is 2. The van der Waals surface area contributed by atoms with Crippen LogP contribution in [0.2, 0.25) is 0 Å². The van der Waals surface area contributed by atoms with Gasteiger partial charge < -0.3 is 10.1 Å². The fourth-order valence-corrected chi connectivity index (χ4v) is 1.72. The van der Waals surface area contributed by atoms with Crippen molar-refractivity contribution in [3.8, 4) is 6.01 Å². The number of ether oxygens (including phenoxy) is 1. The van der Waals surface area contributed by atoms with Crippen molar-refractivity contribution in [2.75, 3.05) is 19.7 Å². The quantitative estimate of drug-likeness (QED) is 0.615. The molecule has 0 aromatic carbocycles. The Balaban J connectivity index is 1.84. The van der Waals surface area contributed by atoms with E-state index in [4.69, 9.17) is 4.74 Å². The smallest absolute Gasteiger partial charge is 0.316 e. The maximum absolute atomic E-state index is 10.4. The van der Waals surface area contributed by atoms with Gasteiger partial charge in [-0.05, 0) is 31.8 Å². The van der Waals surface area contributed by atoms with E-state index in [0.717, 1.165) is 38.3 Å². The zero-order valence-corrected chi connectivity index (χ0v) is 9.33. The summed E-state index contributed by atoms with van der Waals surface area (Å²) in [5.41, 5.74) is -0.126. The van der Waals surface area contributed by atoms with Crippen LogP contribution >= 0.6 is 0 Å². The van der Waals surface area contributed by atoms with Crippen LogP contribution in [0, 0.1) is 16.0 Å². The number of nitrogens with zero attached hydrogens (tertiary/aromatic N) is 3. The Morgan fingerprint density at radius 2 is 2.06 bits per heavy atom. The summed E-state index contributed by atoms with van der Waals surface area (Å²) in [4.78, 5) is 17.5. The van der Waals surface area contributed by atoms with Crippen molar-refractivity contribution in [3.63, 3.8) is 0 Å². The molecule has 0 atom stereocenters. The first-order chi connectivity index (χ1) is 8.25. The standard InChI is InChI=1S/C10H14N4O3/c15-14(16)9-5-12-10(13-6-9)17-7-8-1-3-11-4-2-8/h5-6,8,11H,1-4,7H2. The molecule has 0 amide bonds. The monoisotopic (exact) mass is 238 g/mol. The van der Waals surface area contributed by atoms with E-state index in [-0.39, 0.29) is 11.7 Å². The maximum atomic E-state index is 10.4. The van der Waals surface area contributed by atoms with Gasteiger partial charge in [0.1, 0.15) is 12.4 Å². The molecule has 2 heterocycles. The average molecular weight is 238 g/mol. The molecule has 1 saturated heterocycles. The summed E-state index contributed by atoms with van der Waals surface area (Å²) in [5.74, 6) is 0.509. The molecule has 1 aliphatic rings. The van der Waals surface area contributed by atoms with Gasteiger partial charge in [0.2, 0.25) is 0 Å². The Morgan fingerprint density at radius 1 is 1.41 bits per heavy atom. The van der Waals surface area contributed by atoms with E-state index in [1.54, 1.807) is 0 Å². The van der Waals surface area contributed by atoms with E-state index >= 15 is 0 Å². The Morgan fingerprint density at radius 3 is 2.65 bits per heavy atom. The Hall–Kier alpha value is -1.76. The molecule has 1 N–H and O–H groups in total. The zero-order valence-electron chi connectivity index (χ0n) is 9.33. The van der Waals surface area contributed by atoms with E-state index < -0.39 is 4.92 Å². The summed E-state index contributed by atoms with van der Waals surface area (Å²) in [6.07, 6.45) is 4.47. The molecule has 0 aliphatic carbocycles. The summed E-state index contributed by atoms with van der Waals surface area (Å²) >= 11 is 0. The lowest BCUT2D eigenvalue weighted by molar-refractivity contribution is -0.385. The summed E-state index contributed by atoms with van der Waals surface area (Å²) in [6.45, 7) is 2.59. The van der Waals surface area contributed by atoms with E-state index in [2.05, 4.69) is 15.3 Å². The zero-order chi connectivity index (χ0) is 12.1. The highest BCUT2D eigenvalue weighted by atomic mass is 16.6. The first-order valence-electron chi connectivity index (χ1n) is 5.55. The Labute approximate surface area is 98.4 Å². The molecule has 2 rings (SSSR count). The average Bonchev–Trinajstić information content (AvgIpc) is 2.38. The second-order valence-electron chi connectivity index (χ2n) is 3.99. The van der Waals surface area contributed by atoms with Crippen LogP contribution in [0.5, 0.6) is 6.01 Å². The van der Waals surface area contributed by atoms with Crippen molar-refractivity contribution >= 4 is 5.69 Å². The number of piperidine rings is 1. The van der Waals surface area contributed by atoms with Gasteiger partial charge >= 0.3 is 11.7 Å². The van der Waals surface area contributed by atoms with Crippen molar-refractivity contribution in [2.24, 2.45) is 5.92 Å². The molecule has 7 nitrogen and oxygen atoms in total. The Kier molecular flexibility index (Phi) is 3.81. The molecule has 0 saturated carbocycles. The molecule has 92 valence electrons. The van der Waals surface area contributed by atoms with Crippen molar-refractivity contribution in [1.29, 1.82) is 0 Å². The molecule has 17 heavy (non-hydrogen) atoms. The van der Waals surface area contributed by atoms with Crippen molar-refractivity contribution in [1.82, 2.24) is 15.3 Å². The van der Waals surface area contributed by atoms with E-state index in [0.29, 0.717) is 12.5 Å². The molecular weight excluding hydrogens is 224 g/mol. The number of hydrogen-bond acceptors (Lipinski definition) is 6. The summed E-state index contributed by atoms with van der Waals surface area (Å²) in [5, 5.41) is 13.7. The number of rotatable bonds is 4. The lowest BCUT2D eigenvalue weighted by Crippen LogP contribution is -2.30. The van der Waals surface area contributed by atoms with Crippen LogP contribution in [0.15, 0.2) is 12.4 Å². The first kappa shape index (κ1) is 11.7. The van der Waals surface area contributed by atoms with Crippen LogP contribution in [0.25, 0.3) is 0 Å². The van der Waals surface area contributed by atoms with Crippen LogP contribution < -0.4 is 10.1 Å². The van der Waals surface area contributed by atoms with Gasteiger partial charge in [0.25, 0.3) is 0 Å². The van der Waals surface area contributed by atoms with Crippen molar-refractivity contribution in [2.45, 2.75) is 12.8 Å². The minimum Gasteiger partial charge on any atom is -0.463 e. The fraction of sp³-hybridized carbons (Fsp3) is 0.600. The van der Waals surface area contributed by atoms with Gasteiger partial charge in [-0.3, -0.25) is 10.1 Å². The summed E-state index contributed by atoms with van der Waals surface area (Å²) in [7, 11) is 0. The van der Waals surface area contributed by atoms with E-state index in [1.807, 2.05) is 0 Å². The van der Waals surface area contributed by atoms with Crippen LogP contribution in [-0.4, -0.2) is 34.6 Å². The predicted molar refractivity (Wildman–Crippen MR) is 59.8 cm³/mol. The van der Waals surface area contributed by atoms with Crippen molar-refractivity contribution in [3.05, 3.63) is 22.5 Å². The van der Waals surface area contributed by atoms with Gasteiger partial charge in [0.05, 0.1) is 11.5 Å². The van der Waals surface area contributed by atoms with Gasteiger partial charge in [-0.1, -0.05) is 0 Å². The highest BCUT2D eigenvalue weighted by Crippen LogP contribution is 2.14. The molecule has 1 fully saturated rings. The predicted octanol–water partition coefficient (Wildman–Crippen LogP) is 0.763. The third-order valence-electron chi connectivity index (χ3n) is 2.73. The molecular formula is C10H14N4O3. The molecule has 1 aromatic rings. The van der Waals surface area contributed by atoms with Crippen LogP contribution in [0.4, 0.5) is 5.69 Å². The molecule has 0 bridgehead atoms. The van der Waals surface area contributed by atoms with Gasteiger partial charge in [-0.2, -0.15) is 9.97 Å². The normalized spacial score (nSPS) is 16.7. The minimum atomic E-state index is -0.531. The molecule has 1 aliphatic heterocycles. The number of hydrogen-bond donors (Lipinski definition) is 1. The van der Waals surface area contributed by atoms with Gasteiger partial charge in [-0.15, -0.1) is 0 Å². The SMILES string of the molecule is O=[N+]([O-])c1cnc(OCC2CCNCC2)nc1. The highest BCUT2D eigenvalue weighted by Gasteiger charge is 2.14. The molecule has 7 heteroatoms. The van der Waals surface area contributed by atoms with Gasteiger partial charge in [0.15, 0.2) is 0 Å². The molecule has 0 spiro atoms. The molecule has 1 aromatic heterocycles. The van der Waals surface area contributed by atoms with Crippen LogP contribution in [0.3, 0.4) is 0 Å². The summed E-state index contributed by atoms with van der Waals surface area (Å²) in [6, 6.07) is 0.203. The topological polar surface area (TPSA) is 90.2 Å². The van der Waals surface area contributed by atoms with Crippen LogP contribution in [-0.2, 0) is 0 Å². The second-order valence-corrected chi connectivity index (χ2v) is 3.99. The maximum Gasteiger partial charge on any atom is 0.316 e. The third-order valence-corrected chi connectivity index (χ3v) is 2.73. The second kappa shape index (κ2) is 5.53. The lowest BCUT2D eigenvalue weighted by atomic mass is 9.99. The van der Waals surface area contributed by atoms with E-state index in [9.17, 15) is 10.1 Å². The first-order valence-corrected chi connectivity index (χ1v) is 5.55. The van der Waals surface area contributed by atoms with Crippen LogP contribution in [0.1, 0.15) is 12.8 Å². The van der Waals surface area contributed by atoms with Gasteiger partial charge in [-0.25, -0.2) is 0 Å². The minimum absolute atomic E-state index is 0.126. The third kappa shape index (κ3) is 3.35. The number of nitro groups is 1. The van der Waals surface area contributed by atoms with Crippen molar-refractivity contribution < 1.29 is 9.66 Å². The van der Waals surface area contributed by atoms with E-state index in [1.165, 1.54) is 0 Å². The fourth-order valence-electron chi connectivity index (χ4n) is 1.72. The lowest BCUT2D eigenvalue weighted by Gasteiger charge is -2.21. The molecule has 0 radical (unpaired) electrons. The highest BCUT2D eigenvalue weighted by molar-refractivity contribution is 5.21. The Bertz CT molecular complexity index is 376. The van der Waals surface area contributed by atoms with Gasteiger partial charge in [0, 0.05) is 0 Å². The molecule has 0 unspecified atom stereocenters.